The predicted molar refractivity (Wildman–Crippen MR) is 35.2 cm³/mol. The van der Waals surface area contributed by atoms with Crippen LogP contribution < -0.4 is 0 Å². The summed E-state index contributed by atoms with van der Waals surface area (Å²) in [5.74, 6) is 0. The smallest absolute Gasteiger partial charge is 0.449 e. The molecule has 0 saturated carbocycles. The van der Waals surface area contributed by atoms with Gasteiger partial charge in [0.1, 0.15) is 6.26 Å². The van der Waals surface area contributed by atoms with Crippen LogP contribution >= 0.6 is 15.9 Å². The van der Waals surface area contributed by atoms with Crippen molar-refractivity contribution in [3.8, 4) is 0 Å². The second-order valence-corrected chi connectivity index (χ2v) is 1.96. The van der Waals surface area contributed by atoms with Crippen LogP contribution in [-0.2, 0) is 9.47 Å². The second kappa shape index (κ2) is 4.56. The number of rotatable bonds is 2. The van der Waals surface area contributed by atoms with E-state index in [-0.39, 0.29) is 4.67 Å². The van der Waals surface area contributed by atoms with Crippen molar-refractivity contribution in [2.45, 2.75) is 0 Å². The van der Waals surface area contributed by atoms with Crippen molar-refractivity contribution in [1.29, 1.82) is 0 Å². The molecule has 11 heavy (non-hydrogen) atoms. The molecule has 2 N–H and O–H groups in total. The van der Waals surface area contributed by atoms with Gasteiger partial charge in [0.15, 0.2) is 0 Å². The molecular weight excluding hydrogens is 224 g/mol. The summed E-state index contributed by atoms with van der Waals surface area (Å²) < 4.78 is 7.39. The van der Waals surface area contributed by atoms with Crippen LogP contribution in [-0.4, -0.2) is 22.5 Å². The summed E-state index contributed by atoms with van der Waals surface area (Å²) >= 11 is 2.58. The first-order valence-electron chi connectivity index (χ1n) is 2.18. The summed E-state index contributed by atoms with van der Waals surface area (Å²) in [5, 5.41) is 15.9. The minimum atomic E-state index is -1.57. The van der Waals surface area contributed by atoms with Crippen molar-refractivity contribution < 1.29 is 29.3 Å². The third-order valence-corrected chi connectivity index (χ3v) is 0.786. The van der Waals surface area contributed by atoms with Crippen molar-refractivity contribution in [1.82, 2.24) is 0 Å². The van der Waals surface area contributed by atoms with Gasteiger partial charge in [0.25, 0.3) is 0 Å². The van der Waals surface area contributed by atoms with Crippen molar-refractivity contribution >= 4 is 28.2 Å². The number of hydrogen-bond donors (Lipinski definition) is 2. The molecule has 0 heterocycles. The zero-order valence-corrected chi connectivity index (χ0v) is 6.57. The highest BCUT2D eigenvalue weighted by molar-refractivity contribution is 9.11. The fourth-order valence-corrected chi connectivity index (χ4v) is 0.436. The maximum atomic E-state index is 9.76. The molecule has 62 valence electrons. The first kappa shape index (κ1) is 9.76. The number of carbonyl (C=O) groups is 2. The average molecular weight is 227 g/mol. The van der Waals surface area contributed by atoms with Crippen molar-refractivity contribution in [2.75, 3.05) is 0 Å². The molecule has 0 unspecified atom stereocenters. The highest BCUT2D eigenvalue weighted by atomic mass is 79.9. The van der Waals surface area contributed by atoms with Gasteiger partial charge in [0.2, 0.25) is 4.67 Å². The van der Waals surface area contributed by atoms with Crippen molar-refractivity contribution in [3.63, 3.8) is 0 Å². The van der Waals surface area contributed by atoms with Crippen LogP contribution in [0.2, 0.25) is 0 Å². The minimum Gasteiger partial charge on any atom is -0.449 e. The lowest BCUT2D eigenvalue weighted by atomic mass is 11.0. The van der Waals surface area contributed by atoms with Gasteiger partial charge < -0.3 is 19.7 Å². The normalized spacial score (nSPS) is 10.5. The fourth-order valence-electron chi connectivity index (χ4n) is 0.204. The van der Waals surface area contributed by atoms with Crippen molar-refractivity contribution in [3.05, 3.63) is 10.9 Å². The Morgan fingerprint density at radius 2 is 1.82 bits per heavy atom. The Labute approximate surface area is 69.2 Å². The van der Waals surface area contributed by atoms with Crippen LogP contribution in [0.3, 0.4) is 0 Å². The van der Waals surface area contributed by atoms with E-state index in [1.165, 1.54) is 0 Å². The van der Waals surface area contributed by atoms with Crippen LogP contribution in [0.25, 0.3) is 0 Å². The van der Waals surface area contributed by atoms with Gasteiger partial charge >= 0.3 is 12.3 Å². The molecule has 0 aromatic carbocycles. The van der Waals surface area contributed by atoms with Gasteiger partial charge in [0.05, 0.1) is 0 Å². The molecule has 0 aliphatic carbocycles. The summed E-state index contributed by atoms with van der Waals surface area (Å²) in [5.41, 5.74) is 0. The highest BCUT2D eigenvalue weighted by Gasteiger charge is 2.01. The molecule has 0 bridgehead atoms. The topological polar surface area (TPSA) is 93.1 Å². The number of carboxylic acid groups (broad SMARTS) is 2. The molecule has 0 aliphatic rings. The average Bonchev–Trinajstić information content (AvgIpc) is 1.82. The molecule has 0 aromatic heterocycles. The van der Waals surface area contributed by atoms with E-state index in [9.17, 15) is 9.59 Å². The third-order valence-electron chi connectivity index (χ3n) is 0.437. The third kappa shape index (κ3) is 6.65. The monoisotopic (exact) mass is 226 g/mol. The molecule has 0 amide bonds. The molecular formula is C4H3BrO6. The Morgan fingerprint density at radius 1 is 1.27 bits per heavy atom. The van der Waals surface area contributed by atoms with Crippen LogP contribution in [0.4, 0.5) is 9.59 Å². The zero-order chi connectivity index (χ0) is 8.85. The molecule has 0 atom stereocenters. The maximum Gasteiger partial charge on any atom is 0.511 e. The van der Waals surface area contributed by atoms with Crippen LogP contribution in [0.15, 0.2) is 10.9 Å². The van der Waals surface area contributed by atoms with Crippen molar-refractivity contribution in [2.24, 2.45) is 0 Å². The van der Waals surface area contributed by atoms with E-state index in [4.69, 9.17) is 10.2 Å². The standard InChI is InChI=1S/C4H3BrO6/c5-2(11-4(8)9)1-10-3(6)7/h1H,(H,6,7)(H,8,9)/b2-1+. The number of hydrogen-bond acceptors (Lipinski definition) is 4. The Kier molecular flexibility index (Phi) is 4.04. The van der Waals surface area contributed by atoms with Crippen LogP contribution in [0.1, 0.15) is 0 Å². The summed E-state index contributed by atoms with van der Waals surface area (Å²) in [6.45, 7) is 0. The van der Waals surface area contributed by atoms with Gasteiger partial charge in [-0.05, 0) is 15.9 Å². The SMILES string of the molecule is O=C(O)O/C=C(\Br)OC(=O)O. The molecule has 0 rings (SSSR count). The Hall–Kier alpha value is -1.24. The maximum absolute atomic E-state index is 9.76. The summed E-state index contributed by atoms with van der Waals surface area (Å²) in [6, 6.07) is 0. The van der Waals surface area contributed by atoms with E-state index in [0.29, 0.717) is 6.26 Å². The molecule has 0 aromatic rings. The van der Waals surface area contributed by atoms with E-state index in [0.717, 1.165) is 0 Å². The summed E-state index contributed by atoms with van der Waals surface area (Å²) in [7, 11) is 0. The number of ether oxygens (including phenoxy) is 2. The van der Waals surface area contributed by atoms with E-state index in [1.807, 2.05) is 0 Å². The summed E-state index contributed by atoms with van der Waals surface area (Å²) in [4.78, 5) is 19.5. The molecule has 7 heteroatoms. The lowest BCUT2D eigenvalue weighted by molar-refractivity contribution is 0.112. The fraction of sp³-hybridized carbons (Fsp3) is 0. The van der Waals surface area contributed by atoms with E-state index in [1.54, 1.807) is 0 Å². The van der Waals surface area contributed by atoms with Gasteiger partial charge in [-0.25, -0.2) is 9.59 Å². The lowest BCUT2D eigenvalue weighted by Crippen LogP contribution is -1.98. The Bertz CT molecular complexity index is 197. The van der Waals surface area contributed by atoms with Gasteiger partial charge in [-0.15, -0.1) is 0 Å². The highest BCUT2D eigenvalue weighted by Crippen LogP contribution is 2.06. The molecule has 0 saturated heterocycles. The second-order valence-electron chi connectivity index (χ2n) is 1.17. The van der Waals surface area contributed by atoms with Crippen LogP contribution in [0.5, 0.6) is 0 Å². The molecule has 0 radical (unpaired) electrons. The van der Waals surface area contributed by atoms with Gasteiger partial charge in [-0.3, -0.25) is 0 Å². The number of halogens is 1. The molecule has 6 nitrogen and oxygen atoms in total. The van der Waals surface area contributed by atoms with E-state index in [2.05, 4.69) is 25.4 Å². The van der Waals surface area contributed by atoms with E-state index >= 15 is 0 Å². The van der Waals surface area contributed by atoms with Gasteiger partial charge in [-0.2, -0.15) is 0 Å². The largest absolute Gasteiger partial charge is 0.511 e. The van der Waals surface area contributed by atoms with Gasteiger partial charge in [-0.1, -0.05) is 0 Å². The lowest BCUT2D eigenvalue weighted by Gasteiger charge is -1.94. The minimum absolute atomic E-state index is 0.340. The quantitative estimate of drug-likeness (QED) is 0.549. The predicted octanol–water partition coefficient (Wildman–Crippen LogP) is 1.57. The van der Waals surface area contributed by atoms with Gasteiger partial charge in [0, 0.05) is 0 Å². The zero-order valence-electron chi connectivity index (χ0n) is 4.98. The van der Waals surface area contributed by atoms with Crippen LogP contribution in [0, 0.1) is 0 Å². The molecule has 0 fully saturated rings. The Balaban J connectivity index is 3.81. The molecule has 0 spiro atoms. The first-order chi connectivity index (χ1) is 5.02. The first-order valence-corrected chi connectivity index (χ1v) is 2.97. The van der Waals surface area contributed by atoms with E-state index < -0.39 is 12.3 Å². The molecule has 0 aliphatic heterocycles. The Morgan fingerprint density at radius 3 is 2.18 bits per heavy atom. The summed E-state index contributed by atoms with van der Waals surface area (Å²) in [6.07, 6.45) is -2.53.